The molecule has 0 radical (unpaired) electrons. The number of hydrogen-bond acceptors (Lipinski definition) is 4. The van der Waals surface area contributed by atoms with Crippen LogP contribution in [-0.2, 0) is 11.2 Å². The molecule has 0 saturated heterocycles. The van der Waals surface area contributed by atoms with Gasteiger partial charge >= 0.3 is 5.97 Å². The van der Waals surface area contributed by atoms with Crippen molar-refractivity contribution in [1.29, 1.82) is 0 Å². The molecule has 0 aliphatic rings. The fourth-order valence-corrected chi connectivity index (χ4v) is 3.79. The number of aromatic nitrogens is 2. The smallest absolute Gasteiger partial charge is 0.313 e. The van der Waals surface area contributed by atoms with Crippen molar-refractivity contribution in [2.75, 3.05) is 5.75 Å². The van der Waals surface area contributed by atoms with E-state index in [1.165, 1.54) is 17.3 Å². The third-order valence-electron chi connectivity index (χ3n) is 3.26. The first-order valence-corrected chi connectivity index (χ1v) is 8.84. The van der Waals surface area contributed by atoms with E-state index in [1.807, 2.05) is 6.20 Å². The van der Waals surface area contributed by atoms with E-state index in [4.69, 9.17) is 5.11 Å². The molecule has 114 valence electrons. The maximum atomic E-state index is 10.8. The second-order valence-electron chi connectivity index (χ2n) is 5.36. The molecule has 0 fully saturated rings. The second kappa shape index (κ2) is 7.13. The van der Waals surface area contributed by atoms with Crippen LogP contribution in [0.1, 0.15) is 44.0 Å². The molecular formula is C15H20N2O2S2. The number of imidazole rings is 1. The summed E-state index contributed by atoms with van der Waals surface area (Å²) in [7, 11) is 0. The van der Waals surface area contributed by atoms with Gasteiger partial charge in [-0.25, -0.2) is 4.98 Å². The molecule has 1 atom stereocenters. The SMILES string of the molecule is CC(C)c1cnc(SCC(=O)O)n1C(C)Cc1ccsc1. The quantitative estimate of drug-likeness (QED) is 0.781. The molecule has 2 aromatic rings. The Kier molecular flexibility index (Phi) is 5.47. The van der Waals surface area contributed by atoms with Gasteiger partial charge in [0.15, 0.2) is 5.16 Å². The van der Waals surface area contributed by atoms with E-state index in [0.717, 1.165) is 17.3 Å². The number of carboxylic acid groups (broad SMARTS) is 1. The number of carbonyl (C=O) groups is 1. The number of thiophene rings is 1. The molecule has 0 aliphatic heterocycles. The predicted molar refractivity (Wildman–Crippen MR) is 87.4 cm³/mol. The molecule has 0 spiro atoms. The van der Waals surface area contributed by atoms with Gasteiger partial charge in [-0.2, -0.15) is 11.3 Å². The standard InChI is InChI=1S/C15H20N2O2S2/c1-10(2)13-7-16-15(21-9-14(18)19)17(13)11(3)6-12-4-5-20-8-12/h4-5,7-8,10-11H,6,9H2,1-3H3,(H,18,19). The van der Waals surface area contributed by atoms with Crippen molar-refractivity contribution < 1.29 is 9.90 Å². The van der Waals surface area contributed by atoms with Crippen molar-refractivity contribution in [1.82, 2.24) is 9.55 Å². The molecule has 21 heavy (non-hydrogen) atoms. The van der Waals surface area contributed by atoms with E-state index in [9.17, 15) is 4.79 Å². The fourth-order valence-electron chi connectivity index (χ4n) is 2.30. The van der Waals surface area contributed by atoms with Crippen LogP contribution in [-0.4, -0.2) is 26.4 Å². The molecule has 1 unspecified atom stereocenters. The number of nitrogens with zero attached hydrogens (tertiary/aromatic N) is 2. The minimum absolute atomic E-state index is 0.0414. The Labute approximate surface area is 133 Å². The monoisotopic (exact) mass is 324 g/mol. The molecule has 1 N–H and O–H groups in total. The van der Waals surface area contributed by atoms with E-state index < -0.39 is 5.97 Å². The molecule has 6 heteroatoms. The normalized spacial score (nSPS) is 12.8. The van der Waals surface area contributed by atoms with Gasteiger partial charge in [0.2, 0.25) is 0 Å². The van der Waals surface area contributed by atoms with Gasteiger partial charge in [-0.05, 0) is 41.7 Å². The summed E-state index contributed by atoms with van der Waals surface area (Å²) in [6.45, 7) is 6.43. The Balaban J connectivity index is 2.24. The maximum absolute atomic E-state index is 10.8. The van der Waals surface area contributed by atoms with Crippen LogP contribution in [0.3, 0.4) is 0 Å². The highest BCUT2D eigenvalue weighted by atomic mass is 32.2. The summed E-state index contributed by atoms with van der Waals surface area (Å²) < 4.78 is 2.19. The molecule has 4 nitrogen and oxygen atoms in total. The lowest BCUT2D eigenvalue weighted by atomic mass is 10.1. The summed E-state index contributed by atoms with van der Waals surface area (Å²) in [5, 5.41) is 13.9. The van der Waals surface area contributed by atoms with Crippen molar-refractivity contribution in [3.63, 3.8) is 0 Å². The molecule has 0 aromatic carbocycles. The highest BCUT2D eigenvalue weighted by Gasteiger charge is 2.19. The zero-order valence-electron chi connectivity index (χ0n) is 12.4. The summed E-state index contributed by atoms with van der Waals surface area (Å²) in [6.07, 6.45) is 2.80. The zero-order valence-corrected chi connectivity index (χ0v) is 14.1. The zero-order chi connectivity index (χ0) is 15.4. The van der Waals surface area contributed by atoms with Crippen LogP contribution in [0.4, 0.5) is 0 Å². The minimum atomic E-state index is -0.814. The molecule has 2 aromatic heterocycles. The van der Waals surface area contributed by atoms with Crippen LogP contribution in [0.15, 0.2) is 28.2 Å². The summed E-state index contributed by atoms with van der Waals surface area (Å²) in [5.41, 5.74) is 2.47. The molecule has 2 rings (SSSR count). The molecule has 0 saturated carbocycles. The van der Waals surface area contributed by atoms with E-state index >= 15 is 0 Å². The lowest BCUT2D eigenvalue weighted by molar-refractivity contribution is -0.133. The minimum Gasteiger partial charge on any atom is -0.481 e. The predicted octanol–water partition coefficient (Wildman–Crippen LogP) is 4.05. The molecule has 2 heterocycles. The first-order chi connectivity index (χ1) is 9.99. The van der Waals surface area contributed by atoms with E-state index in [0.29, 0.717) is 5.92 Å². The maximum Gasteiger partial charge on any atom is 0.313 e. The average Bonchev–Trinajstić information content (AvgIpc) is 3.04. The molecular weight excluding hydrogens is 304 g/mol. The summed E-state index contributed by atoms with van der Waals surface area (Å²) in [5.74, 6) is -0.410. The van der Waals surface area contributed by atoms with Gasteiger partial charge in [0, 0.05) is 17.9 Å². The Bertz CT molecular complexity index is 591. The van der Waals surface area contributed by atoms with Gasteiger partial charge in [-0.1, -0.05) is 25.6 Å². The number of thioether (sulfide) groups is 1. The molecule has 0 amide bonds. The highest BCUT2D eigenvalue weighted by Crippen LogP contribution is 2.29. The van der Waals surface area contributed by atoms with Gasteiger partial charge in [0.25, 0.3) is 0 Å². The fraction of sp³-hybridized carbons (Fsp3) is 0.467. The largest absolute Gasteiger partial charge is 0.481 e. The first kappa shape index (κ1) is 16.1. The molecule has 0 aliphatic carbocycles. The van der Waals surface area contributed by atoms with Gasteiger partial charge in [0.1, 0.15) is 0 Å². The highest BCUT2D eigenvalue weighted by molar-refractivity contribution is 7.99. The summed E-state index contributed by atoms with van der Waals surface area (Å²) in [4.78, 5) is 15.2. The summed E-state index contributed by atoms with van der Waals surface area (Å²) >= 11 is 2.99. The van der Waals surface area contributed by atoms with Crippen LogP contribution in [0.5, 0.6) is 0 Å². The third-order valence-corrected chi connectivity index (χ3v) is 4.94. The first-order valence-electron chi connectivity index (χ1n) is 6.91. The lowest BCUT2D eigenvalue weighted by Crippen LogP contribution is -2.14. The topological polar surface area (TPSA) is 55.1 Å². The Morgan fingerprint density at radius 3 is 2.81 bits per heavy atom. The van der Waals surface area contributed by atoms with Crippen LogP contribution in [0, 0.1) is 0 Å². The Morgan fingerprint density at radius 1 is 1.48 bits per heavy atom. The summed E-state index contributed by atoms with van der Waals surface area (Å²) in [6, 6.07) is 2.40. The van der Waals surface area contributed by atoms with Crippen LogP contribution >= 0.6 is 23.1 Å². The van der Waals surface area contributed by atoms with E-state index in [2.05, 4.69) is 47.1 Å². The molecule has 0 bridgehead atoms. The second-order valence-corrected chi connectivity index (χ2v) is 7.08. The van der Waals surface area contributed by atoms with Crippen molar-refractivity contribution in [3.8, 4) is 0 Å². The Hall–Kier alpha value is -1.27. The van der Waals surface area contributed by atoms with Crippen molar-refractivity contribution in [2.24, 2.45) is 0 Å². The third kappa shape index (κ3) is 4.11. The van der Waals surface area contributed by atoms with Gasteiger partial charge in [0.05, 0.1) is 5.75 Å². The van der Waals surface area contributed by atoms with Gasteiger partial charge in [-0.15, -0.1) is 0 Å². The lowest BCUT2D eigenvalue weighted by Gasteiger charge is -2.20. The number of hydrogen-bond donors (Lipinski definition) is 1. The van der Waals surface area contributed by atoms with Gasteiger partial charge < -0.3 is 9.67 Å². The Morgan fingerprint density at radius 2 is 2.24 bits per heavy atom. The van der Waals surface area contributed by atoms with Crippen molar-refractivity contribution >= 4 is 29.1 Å². The van der Waals surface area contributed by atoms with Crippen molar-refractivity contribution in [2.45, 2.75) is 44.3 Å². The van der Waals surface area contributed by atoms with Crippen molar-refractivity contribution in [3.05, 3.63) is 34.3 Å². The van der Waals surface area contributed by atoms with Crippen LogP contribution in [0.2, 0.25) is 0 Å². The van der Waals surface area contributed by atoms with E-state index in [1.54, 1.807) is 11.3 Å². The number of rotatable bonds is 7. The number of aliphatic carboxylic acids is 1. The van der Waals surface area contributed by atoms with E-state index in [-0.39, 0.29) is 11.8 Å². The number of carboxylic acids is 1. The van der Waals surface area contributed by atoms with Gasteiger partial charge in [-0.3, -0.25) is 4.79 Å². The average molecular weight is 324 g/mol. The van der Waals surface area contributed by atoms with Crippen LogP contribution < -0.4 is 0 Å². The van der Waals surface area contributed by atoms with Crippen LogP contribution in [0.25, 0.3) is 0 Å².